The summed E-state index contributed by atoms with van der Waals surface area (Å²) in [5.41, 5.74) is 6.88. The van der Waals surface area contributed by atoms with Gasteiger partial charge in [0.1, 0.15) is 25.2 Å². The minimum absolute atomic E-state index is 0.116. The first-order valence-corrected chi connectivity index (χ1v) is 17.3. The Labute approximate surface area is 223 Å². The van der Waals surface area contributed by atoms with Crippen LogP contribution in [-0.2, 0) is 10.0 Å². The van der Waals surface area contributed by atoms with Crippen molar-refractivity contribution in [2.45, 2.75) is 26.6 Å². The first-order valence-electron chi connectivity index (χ1n) is 12.1. The van der Waals surface area contributed by atoms with Crippen LogP contribution in [0.4, 0.5) is 10.1 Å². The second-order valence-corrected chi connectivity index (χ2v) is 16.6. The highest BCUT2D eigenvalue weighted by molar-refractivity contribution is 7.92. The van der Waals surface area contributed by atoms with E-state index in [-0.39, 0.29) is 23.0 Å². The molecule has 0 fully saturated rings. The van der Waals surface area contributed by atoms with Gasteiger partial charge in [0, 0.05) is 35.2 Å². The zero-order valence-corrected chi connectivity index (χ0v) is 23.7. The van der Waals surface area contributed by atoms with Crippen LogP contribution in [0.25, 0.3) is 33.4 Å². The Morgan fingerprint density at radius 1 is 1.03 bits per heavy atom. The highest BCUT2D eigenvalue weighted by atomic mass is 32.2. The molecule has 0 aliphatic heterocycles. The fourth-order valence-corrected chi connectivity index (χ4v) is 5.05. The largest absolute Gasteiger partial charge is 0.455 e. The van der Waals surface area contributed by atoms with Crippen molar-refractivity contribution in [2.75, 3.05) is 17.5 Å². The summed E-state index contributed by atoms with van der Waals surface area (Å²) < 4.78 is 47.5. The average Bonchev–Trinajstić information content (AvgIpc) is 3.24. The summed E-state index contributed by atoms with van der Waals surface area (Å²) in [6.45, 7) is 8.03. The van der Waals surface area contributed by atoms with Crippen molar-refractivity contribution in [2.24, 2.45) is 0 Å². The third-order valence-corrected chi connectivity index (χ3v) is 7.96. The number of hydrogen-bond acceptors (Lipinski definition) is 4. The lowest BCUT2D eigenvalue weighted by molar-refractivity contribution is 0.0964. The van der Waals surface area contributed by atoms with E-state index in [9.17, 15) is 17.6 Å². The van der Waals surface area contributed by atoms with E-state index in [2.05, 4.69) is 41.1 Å². The summed E-state index contributed by atoms with van der Waals surface area (Å²) in [4.78, 5) is 13.0. The number of halogens is 1. The molecule has 2 N–H and O–H groups in total. The van der Waals surface area contributed by atoms with Gasteiger partial charge in [-0.15, -0.1) is 5.54 Å². The number of hydrogen-bond donors (Lipinski definition) is 2. The second kappa shape index (κ2) is 10.5. The number of carbonyl (C=O) groups excluding carboxylic acids is 1. The molecule has 1 heterocycles. The van der Waals surface area contributed by atoms with Gasteiger partial charge < -0.3 is 9.73 Å². The molecule has 0 spiro atoms. The van der Waals surface area contributed by atoms with Crippen molar-refractivity contribution in [3.8, 4) is 33.9 Å². The Morgan fingerprint density at radius 3 is 2.37 bits per heavy atom. The summed E-state index contributed by atoms with van der Waals surface area (Å²) >= 11 is 0. The van der Waals surface area contributed by atoms with Gasteiger partial charge in [-0.2, -0.15) is 0 Å². The maximum absolute atomic E-state index is 13.6. The van der Waals surface area contributed by atoms with Crippen molar-refractivity contribution < 1.29 is 22.0 Å². The van der Waals surface area contributed by atoms with Gasteiger partial charge in [0.15, 0.2) is 0 Å². The normalized spacial score (nSPS) is 11.6. The van der Waals surface area contributed by atoms with E-state index in [0.29, 0.717) is 27.8 Å². The number of benzene rings is 3. The number of nitrogens with one attached hydrogen (secondary N) is 2. The number of furan rings is 1. The van der Waals surface area contributed by atoms with Crippen LogP contribution >= 0.6 is 0 Å². The standard InChI is InChI=1S/C29H29FN2O4SSi/c1-6-37(34,35)32-25-18-26-24(17-23(25)21-9-7-8-19(16-21)14-15-38(3,4)5)27(29(33)31-2)28(36-26)20-10-12-22(30)13-11-20/h7-13,16-18,32H,6H2,1-5H3,(H,31,33). The molecule has 0 saturated heterocycles. The fourth-order valence-electron chi connectivity index (χ4n) is 3.89. The van der Waals surface area contributed by atoms with Gasteiger partial charge in [-0.1, -0.05) is 37.7 Å². The van der Waals surface area contributed by atoms with Gasteiger partial charge in [0.25, 0.3) is 5.91 Å². The molecule has 1 amide bonds. The van der Waals surface area contributed by atoms with E-state index in [1.165, 1.54) is 31.3 Å². The third kappa shape index (κ3) is 5.98. The molecule has 9 heteroatoms. The summed E-state index contributed by atoms with van der Waals surface area (Å²) in [6, 6.07) is 16.5. The van der Waals surface area contributed by atoms with Crippen molar-refractivity contribution in [3.05, 3.63) is 77.6 Å². The highest BCUT2D eigenvalue weighted by Crippen LogP contribution is 2.40. The lowest BCUT2D eigenvalue weighted by Crippen LogP contribution is -2.18. The Bertz CT molecular complexity index is 1690. The lowest BCUT2D eigenvalue weighted by Gasteiger charge is -2.13. The van der Waals surface area contributed by atoms with Crippen LogP contribution in [0.2, 0.25) is 19.6 Å². The van der Waals surface area contributed by atoms with Gasteiger partial charge in [0.05, 0.1) is 17.0 Å². The topological polar surface area (TPSA) is 88.4 Å². The smallest absolute Gasteiger partial charge is 0.255 e. The van der Waals surface area contributed by atoms with Crippen LogP contribution in [0.5, 0.6) is 0 Å². The maximum atomic E-state index is 13.6. The Kier molecular flexibility index (Phi) is 7.49. The summed E-state index contributed by atoms with van der Waals surface area (Å²) in [5.74, 6) is 2.58. The predicted molar refractivity (Wildman–Crippen MR) is 154 cm³/mol. The van der Waals surface area contributed by atoms with Crippen molar-refractivity contribution in [3.63, 3.8) is 0 Å². The average molecular weight is 549 g/mol. The van der Waals surface area contributed by atoms with Crippen LogP contribution in [-0.4, -0.2) is 35.2 Å². The van der Waals surface area contributed by atoms with Gasteiger partial charge in [-0.3, -0.25) is 9.52 Å². The molecule has 38 heavy (non-hydrogen) atoms. The molecule has 0 aliphatic rings. The zero-order valence-electron chi connectivity index (χ0n) is 21.9. The summed E-state index contributed by atoms with van der Waals surface area (Å²) in [6.07, 6.45) is 0. The molecular formula is C29H29FN2O4SSi. The number of amides is 1. The molecule has 0 bridgehead atoms. The SMILES string of the molecule is CCS(=O)(=O)Nc1cc2oc(-c3ccc(F)cc3)c(C(=O)NC)c2cc1-c1cccc(C#C[Si](C)(C)C)c1. The van der Waals surface area contributed by atoms with Crippen LogP contribution in [0.1, 0.15) is 22.8 Å². The van der Waals surface area contributed by atoms with Crippen molar-refractivity contribution in [1.82, 2.24) is 5.32 Å². The predicted octanol–water partition coefficient (Wildman–Crippen LogP) is 6.26. The van der Waals surface area contributed by atoms with Crippen LogP contribution in [0.3, 0.4) is 0 Å². The number of carbonyl (C=O) groups is 1. The highest BCUT2D eigenvalue weighted by Gasteiger charge is 2.24. The van der Waals surface area contributed by atoms with Gasteiger partial charge in [-0.25, -0.2) is 12.8 Å². The lowest BCUT2D eigenvalue weighted by atomic mass is 9.97. The molecule has 0 atom stereocenters. The van der Waals surface area contributed by atoms with E-state index in [0.717, 1.165) is 11.1 Å². The molecule has 3 aromatic carbocycles. The minimum Gasteiger partial charge on any atom is -0.455 e. The molecule has 0 saturated carbocycles. The Balaban J connectivity index is 2.00. The monoisotopic (exact) mass is 548 g/mol. The Hall–Kier alpha value is -3.87. The van der Waals surface area contributed by atoms with Gasteiger partial charge >= 0.3 is 0 Å². The molecule has 0 unspecified atom stereocenters. The maximum Gasteiger partial charge on any atom is 0.255 e. The molecule has 4 aromatic rings. The minimum atomic E-state index is -3.63. The number of sulfonamides is 1. The molecule has 0 aliphatic carbocycles. The Morgan fingerprint density at radius 2 is 1.74 bits per heavy atom. The van der Waals surface area contributed by atoms with Crippen LogP contribution < -0.4 is 10.0 Å². The third-order valence-electron chi connectivity index (χ3n) is 5.79. The first-order chi connectivity index (χ1) is 17.9. The van der Waals surface area contributed by atoms with E-state index in [1.54, 1.807) is 19.1 Å². The fraction of sp³-hybridized carbons (Fsp3) is 0.207. The molecule has 6 nitrogen and oxygen atoms in total. The van der Waals surface area contributed by atoms with E-state index in [1.807, 2.05) is 24.3 Å². The number of rotatable bonds is 6. The summed E-state index contributed by atoms with van der Waals surface area (Å²) in [5, 5.41) is 3.14. The zero-order chi connectivity index (χ0) is 27.7. The van der Waals surface area contributed by atoms with Gasteiger partial charge in [0.2, 0.25) is 10.0 Å². The quantitative estimate of drug-likeness (QED) is 0.220. The van der Waals surface area contributed by atoms with Crippen molar-refractivity contribution >= 4 is 40.7 Å². The van der Waals surface area contributed by atoms with Crippen LogP contribution in [0, 0.1) is 17.3 Å². The van der Waals surface area contributed by atoms with Gasteiger partial charge in [-0.05, 0) is 55.0 Å². The summed E-state index contributed by atoms with van der Waals surface area (Å²) in [7, 11) is -3.72. The van der Waals surface area contributed by atoms with E-state index < -0.39 is 23.9 Å². The number of fused-ring (bicyclic) bond motifs is 1. The second-order valence-electron chi connectivity index (χ2n) is 9.87. The van der Waals surface area contributed by atoms with Crippen LogP contribution in [0.15, 0.2) is 65.1 Å². The molecule has 0 radical (unpaired) electrons. The first kappa shape index (κ1) is 27.2. The van der Waals surface area contributed by atoms with Crippen molar-refractivity contribution in [1.29, 1.82) is 0 Å². The molecule has 1 aromatic heterocycles. The molecular weight excluding hydrogens is 519 g/mol. The molecule has 196 valence electrons. The van der Waals surface area contributed by atoms with E-state index in [4.69, 9.17) is 4.42 Å². The molecule has 4 rings (SSSR count). The number of anilines is 1. The van der Waals surface area contributed by atoms with E-state index >= 15 is 0 Å².